The first-order chi connectivity index (χ1) is 28.0. The van der Waals surface area contributed by atoms with E-state index in [2.05, 4.69) is 59.1 Å². The number of esters is 1. The lowest BCUT2D eigenvalue weighted by Crippen LogP contribution is -2.66. The van der Waals surface area contributed by atoms with Crippen LogP contribution in [0.3, 0.4) is 0 Å². The van der Waals surface area contributed by atoms with Crippen LogP contribution in [-0.4, -0.2) is 59.9 Å². The monoisotopic (exact) mass is 847 g/mol. The summed E-state index contributed by atoms with van der Waals surface area (Å²) < 4.78 is 6.41. The van der Waals surface area contributed by atoms with Crippen molar-refractivity contribution in [2.45, 2.75) is 145 Å². The number of hydrogen-bond acceptors (Lipinski definition) is 7. The van der Waals surface area contributed by atoms with E-state index in [0.717, 1.165) is 56.9 Å². The van der Waals surface area contributed by atoms with Gasteiger partial charge in [-0.15, -0.1) is 0 Å². The van der Waals surface area contributed by atoms with Gasteiger partial charge in [0.2, 0.25) is 5.91 Å². The van der Waals surface area contributed by atoms with Crippen molar-refractivity contribution in [3.8, 4) is 0 Å². The third-order valence-electron chi connectivity index (χ3n) is 18.4. The molecule has 0 radical (unpaired) electrons. The zero-order chi connectivity index (χ0) is 44.0. The first-order valence-corrected chi connectivity index (χ1v) is 23.1. The van der Waals surface area contributed by atoms with Gasteiger partial charge in [0, 0.05) is 47.3 Å². The quantitative estimate of drug-likeness (QED) is 0.161. The van der Waals surface area contributed by atoms with Crippen molar-refractivity contribution in [3.05, 3.63) is 46.0 Å². The fourth-order valence-corrected chi connectivity index (χ4v) is 14.9. The summed E-state index contributed by atoms with van der Waals surface area (Å²) in [6.45, 7) is 20.5. The minimum atomic E-state index is -0.845. The molecule has 330 valence electrons. The van der Waals surface area contributed by atoms with E-state index in [9.17, 15) is 29.1 Å². The zero-order valence-electron chi connectivity index (χ0n) is 37.5. The molecule has 6 aliphatic rings. The SMILES string of the molecule is CC(C)C1=C2[C@H]3CC[C@@H]4[C@@]5(C)CC[C@H](OC(=O)[C@H]6C[C@@H](C(=O)O)C6(C)C)C(C)(C)[C@@H]5CC[C@@]4(C)[C@]3(C)CC[C@@]2(CC(=O)NC(CN)CNC(=O)c2ccc(Cl)cc2)CC1=O. The number of ketones is 1. The second-order valence-electron chi connectivity index (χ2n) is 22.2. The normalized spacial score (nSPS) is 38.0. The molecule has 0 spiro atoms. The highest BCUT2D eigenvalue weighted by Gasteiger charge is 2.70. The Morgan fingerprint density at radius 3 is 2.17 bits per heavy atom. The summed E-state index contributed by atoms with van der Waals surface area (Å²) >= 11 is 6.00. The third kappa shape index (κ3) is 6.96. The molecule has 10 nitrogen and oxygen atoms in total. The van der Waals surface area contributed by atoms with E-state index in [1.807, 2.05) is 13.8 Å². The van der Waals surface area contributed by atoms with Crippen molar-refractivity contribution in [2.75, 3.05) is 13.1 Å². The molecule has 0 aliphatic heterocycles. The van der Waals surface area contributed by atoms with Crippen molar-refractivity contribution in [1.82, 2.24) is 10.6 Å². The molecule has 0 aromatic heterocycles. The van der Waals surface area contributed by atoms with Crippen LogP contribution >= 0.6 is 11.6 Å². The Labute approximate surface area is 362 Å². The molecule has 0 bridgehead atoms. The molecule has 1 aromatic carbocycles. The summed E-state index contributed by atoms with van der Waals surface area (Å²) in [4.78, 5) is 66.5. The van der Waals surface area contributed by atoms with E-state index in [0.29, 0.717) is 35.3 Å². The van der Waals surface area contributed by atoms with E-state index in [-0.39, 0.29) is 82.7 Å². The minimum absolute atomic E-state index is 0.00461. The van der Waals surface area contributed by atoms with E-state index in [4.69, 9.17) is 22.1 Å². The molecule has 5 saturated carbocycles. The van der Waals surface area contributed by atoms with Gasteiger partial charge in [0.25, 0.3) is 5.91 Å². The predicted molar refractivity (Wildman–Crippen MR) is 232 cm³/mol. The lowest BCUT2D eigenvalue weighted by atomic mass is 9.33. The van der Waals surface area contributed by atoms with Gasteiger partial charge < -0.3 is 26.2 Å². The number of carbonyl (C=O) groups excluding carboxylic acids is 4. The highest BCUT2D eigenvalue weighted by Crippen LogP contribution is 2.77. The predicted octanol–water partition coefficient (Wildman–Crippen LogP) is 8.54. The number of Topliss-reactive ketones (excluding diaryl/α,β-unsaturated/α-hetero) is 1. The van der Waals surface area contributed by atoms with Gasteiger partial charge in [-0.2, -0.15) is 0 Å². The molecule has 2 amide bonds. The summed E-state index contributed by atoms with van der Waals surface area (Å²) in [6, 6.07) is 6.18. The fourth-order valence-electron chi connectivity index (χ4n) is 14.8. The summed E-state index contributed by atoms with van der Waals surface area (Å²) in [6.07, 6.45) is 8.28. The number of hydrogen-bond donors (Lipinski definition) is 4. The topological polar surface area (TPSA) is 165 Å². The van der Waals surface area contributed by atoms with E-state index < -0.39 is 34.7 Å². The van der Waals surface area contributed by atoms with Crippen molar-refractivity contribution in [2.24, 2.45) is 73.7 Å². The van der Waals surface area contributed by atoms with Crippen LogP contribution in [0.4, 0.5) is 0 Å². The van der Waals surface area contributed by atoms with Crippen molar-refractivity contribution in [3.63, 3.8) is 0 Å². The van der Waals surface area contributed by atoms with Gasteiger partial charge in [-0.05, 0) is 133 Å². The molecule has 60 heavy (non-hydrogen) atoms. The Morgan fingerprint density at radius 2 is 1.55 bits per heavy atom. The Kier molecular flexibility index (Phi) is 11.6. The smallest absolute Gasteiger partial charge is 0.309 e. The van der Waals surface area contributed by atoms with Gasteiger partial charge in [-0.3, -0.25) is 24.0 Å². The molecule has 1 aromatic rings. The molecule has 5 fully saturated rings. The molecule has 5 N–H and O–H groups in total. The van der Waals surface area contributed by atoms with Crippen LogP contribution in [0.25, 0.3) is 0 Å². The number of amides is 2. The second kappa shape index (κ2) is 15.5. The van der Waals surface area contributed by atoms with Crippen molar-refractivity contribution in [1.29, 1.82) is 0 Å². The first-order valence-electron chi connectivity index (χ1n) is 22.7. The van der Waals surface area contributed by atoms with Crippen LogP contribution in [0, 0.1) is 68.0 Å². The van der Waals surface area contributed by atoms with Crippen LogP contribution in [-0.2, 0) is 23.9 Å². The third-order valence-corrected chi connectivity index (χ3v) is 18.6. The number of halogens is 1. The van der Waals surface area contributed by atoms with Crippen LogP contribution in [0.2, 0.25) is 5.02 Å². The van der Waals surface area contributed by atoms with Crippen LogP contribution in [0.5, 0.6) is 0 Å². The van der Waals surface area contributed by atoms with Gasteiger partial charge in [-0.1, -0.05) is 79.5 Å². The average molecular weight is 849 g/mol. The highest BCUT2D eigenvalue weighted by molar-refractivity contribution is 6.30. The molecule has 0 saturated heterocycles. The van der Waals surface area contributed by atoms with Crippen molar-refractivity contribution >= 4 is 41.1 Å². The zero-order valence-corrected chi connectivity index (χ0v) is 38.2. The summed E-state index contributed by atoms with van der Waals surface area (Å²) in [7, 11) is 0. The maximum Gasteiger partial charge on any atom is 0.309 e. The maximum atomic E-state index is 14.2. The number of nitrogens with two attached hydrogens (primary N) is 1. The Morgan fingerprint density at radius 1 is 0.867 bits per heavy atom. The number of nitrogens with one attached hydrogen (secondary N) is 2. The molecular formula is C49H70ClN3O7. The number of carboxylic acid groups (broad SMARTS) is 1. The lowest BCUT2D eigenvalue weighted by Gasteiger charge is -2.72. The maximum absolute atomic E-state index is 14.2. The van der Waals surface area contributed by atoms with Crippen molar-refractivity contribution < 1.29 is 33.8 Å². The van der Waals surface area contributed by atoms with E-state index in [1.165, 1.54) is 5.57 Å². The molecule has 11 atom stereocenters. The first kappa shape index (κ1) is 44.8. The molecule has 7 rings (SSSR count). The second-order valence-corrected chi connectivity index (χ2v) is 22.6. The van der Waals surface area contributed by atoms with E-state index in [1.54, 1.807) is 24.3 Å². The summed E-state index contributed by atoms with van der Waals surface area (Å²) in [5.74, 6) is -1.19. The fraction of sp³-hybridized carbons (Fsp3) is 0.735. The number of carbonyl (C=O) groups is 5. The Balaban J connectivity index is 1.08. The van der Waals surface area contributed by atoms with Gasteiger partial charge in [0.05, 0.1) is 17.9 Å². The van der Waals surface area contributed by atoms with Crippen LogP contribution in [0.1, 0.15) is 143 Å². The Bertz CT molecular complexity index is 1960. The number of rotatable bonds is 11. The minimum Gasteiger partial charge on any atom is -0.481 e. The van der Waals surface area contributed by atoms with Gasteiger partial charge in [0.15, 0.2) is 5.78 Å². The van der Waals surface area contributed by atoms with E-state index >= 15 is 0 Å². The summed E-state index contributed by atoms with van der Waals surface area (Å²) in [5, 5.41) is 16.2. The average Bonchev–Trinajstić information content (AvgIpc) is 3.45. The van der Waals surface area contributed by atoms with Crippen LogP contribution in [0.15, 0.2) is 35.4 Å². The largest absolute Gasteiger partial charge is 0.481 e. The molecule has 1 unspecified atom stereocenters. The summed E-state index contributed by atoms with van der Waals surface area (Å²) in [5.41, 5.74) is 7.35. The molecule has 0 heterocycles. The molecular weight excluding hydrogens is 778 g/mol. The Hall–Kier alpha value is -3.24. The lowest BCUT2D eigenvalue weighted by molar-refractivity contribution is -0.236. The number of allylic oxidation sites excluding steroid dienone is 2. The number of ether oxygens (including phenoxy) is 1. The van der Waals surface area contributed by atoms with Gasteiger partial charge >= 0.3 is 11.9 Å². The number of carboxylic acids is 1. The van der Waals surface area contributed by atoms with Gasteiger partial charge in [0.1, 0.15) is 6.10 Å². The number of fused-ring (bicyclic) bond motifs is 7. The highest BCUT2D eigenvalue weighted by atomic mass is 35.5. The standard InChI is InChI=1S/C49H70ClN3O7/c1-27(2)39-34(54)23-49(24-38(55)53-30(25-51)26-52-41(56)28-10-12-29(50)13-11-28)21-20-47(8)31(40(39)49)14-15-36-46(7)18-17-37(45(5,6)35(46)16-19-48(36,47)9)60-43(59)33-22-32(42(57)58)44(33,3)4/h10-13,27,30-33,35-37H,14-26,51H2,1-9H3,(H,52,56)(H,53,55)(H,57,58)/t30?,31-,32+,33-,35+,36-,37+,46+,47-,48-,49+/m1/s1. The molecule has 11 heteroatoms. The van der Waals surface area contributed by atoms with Crippen LogP contribution < -0.4 is 16.4 Å². The molecule has 6 aliphatic carbocycles. The number of benzene rings is 1. The number of aliphatic carboxylic acids is 1. The van der Waals surface area contributed by atoms with Gasteiger partial charge in [-0.25, -0.2) is 0 Å².